The fourth-order valence-corrected chi connectivity index (χ4v) is 3.55. The summed E-state index contributed by atoms with van der Waals surface area (Å²) in [6, 6.07) is 15.1. The Morgan fingerprint density at radius 1 is 1.09 bits per heavy atom. The molecular weight excluding hydrogens is 418 g/mol. The van der Waals surface area contributed by atoms with Gasteiger partial charge in [-0.05, 0) is 60.0 Å². The maximum Gasteiger partial charge on any atom is 0.586 e. The number of hydrogen-bond donors (Lipinski definition) is 2. The molecule has 5 rings (SSSR count). The van der Waals surface area contributed by atoms with Crippen LogP contribution < -0.4 is 20.5 Å². The topological polar surface area (TPSA) is 99.4 Å². The molecule has 2 heterocycles. The summed E-state index contributed by atoms with van der Waals surface area (Å²) in [6.07, 6.45) is -2.13. The van der Waals surface area contributed by atoms with Crippen molar-refractivity contribution in [2.45, 2.75) is 13.2 Å². The number of nitrogens with one attached hydrogen (secondary N) is 1. The van der Waals surface area contributed by atoms with Gasteiger partial charge in [0, 0.05) is 17.1 Å². The number of ether oxygens (including phenoxy) is 2. The van der Waals surface area contributed by atoms with E-state index >= 15 is 0 Å². The largest absolute Gasteiger partial charge is 0.586 e. The van der Waals surface area contributed by atoms with Crippen molar-refractivity contribution in [2.24, 2.45) is 0 Å². The van der Waals surface area contributed by atoms with E-state index in [0.717, 1.165) is 22.1 Å². The molecule has 4 aromatic rings. The summed E-state index contributed by atoms with van der Waals surface area (Å²) < 4.78 is 35.8. The van der Waals surface area contributed by atoms with Gasteiger partial charge in [-0.15, -0.1) is 8.78 Å². The van der Waals surface area contributed by atoms with Crippen LogP contribution in [0.4, 0.5) is 20.4 Å². The van der Waals surface area contributed by atoms with Crippen molar-refractivity contribution in [2.75, 3.05) is 11.1 Å². The van der Waals surface area contributed by atoms with Crippen molar-refractivity contribution in [1.82, 2.24) is 9.97 Å². The maximum absolute atomic E-state index is 13.4. The molecular formula is C23H16F2N4O3. The monoisotopic (exact) mass is 434 g/mol. The standard InChI is InChI=1S/C23H16F2N4O3/c1-12-5-6-14(10-16(12)13-7-8-17-15(9-13)11-27-22(26)29-17)21(30)28-18-3-2-4-19-20(18)32-23(24,25)31-19/h2-11H,1H3,(H,28,30)(H2,26,27,29). The van der Waals surface area contributed by atoms with Gasteiger partial charge in [0.2, 0.25) is 5.95 Å². The molecule has 1 aliphatic heterocycles. The summed E-state index contributed by atoms with van der Waals surface area (Å²) in [5.74, 6) is -0.640. The van der Waals surface area contributed by atoms with Gasteiger partial charge in [0.25, 0.3) is 5.91 Å². The molecule has 0 saturated heterocycles. The van der Waals surface area contributed by atoms with Crippen LogP contribution in [0.15, 0.2) is 60.8 Å². The predicted octanol–water partition coefficient (Wildman–Crippen LogP) is 4.76. The maximum atomic E-state index is 13.4. The van der Waals surface area contributed by atoms with Crippen LogP contribution in [0.1, 0.15) is 15.9 Å². The lowest BCUT2D eigenvalue weighted by Crippen LogP contribution is -2.26. The molecule has 3 aromatic carbocycles. The number of fused-ring (bicyclic) bond motifs is 2. The molecule has 160 valence electrons. The summed E-state index contributed by atoms with van der Waals surface area (Å²) in [5, 5.41) is 3.43. The van der Waals surface area contributed by atoms with E-state index in [-0.39, 0.29) is 23.1 Å². The highest BCUT2D eigenvalue weighted by molar-refractivity contribution is 6.06. The van der Waals surface area contributed by atoms with Crippen molar-refractivity contribution < 1.29 is 23.0 Å². The molecule has 0 unspecified atom stereocenters. The van der Waals surface area contributed by atoms with Gasteiger partial charge in [0.15, 0.2) is 11.5 Å². The normalized spacial score (nSPS) is 13.8. The molecule has 0 radical (unpaired) electrons. The predicted molar refractivity (Wildman–Crippen MR) is 115 cm³/mol. The molecule has 0 bridgehead atoms. The van der Waals surface area contributed by atoms with Gasteiger partial charge in [-0.3, -0.25) is 4.79 Å². The molecule has 9 heteroatoms. The average molecular weight is 434 g/mol. The van der Waals surface area contributed by atoms with Gasteiger partial charge in [-0.1, -0.05) is 18.2 Å². The first-order valence-corrected chi connectivity index (χ1v) is 9.63. The minimum Gasteiger partial charge on any atom is -0.395 e. The third-order valence-electron chi connectivity index (χ3n) is 5.09. The molecule has 7 nitrogen and oxygen atoms in total. The van der Waals surface area contributed by atoms with Gasteiger partial charge in [0.05, 0.1) is 11.2 Å². The van der Waals surface area contributed by atoms with Crippen molar-refractivity contribution >= 4 is 28.4 Å². The first-order valence-electron chi connectivity index (χ1n) is 9.63. The van der Waals surface area contributed by atoms with E-state index in [2.05, 4.69) is 24.8 Å². The van der Waals surface area contributed by atoms with Crippen LogP contribution in [0.25, 0.3) is 22.0 Å². The molecule has 0 atom stereocenters. The van der Waals surface area contributed by atoms with E-state index in [1.165, 1.54) is 18.2 Å². The van der Waals surface area contributed by atoms with Crippen molar-refractivity contribution in [3.05, 3.63) is 71.9 Å². The highest BCUT2D eigenvalue weighted by Gasteiger charge is 2.44. The number of carbonyl (C=O) groups is 1. The van der Waals surface area contributed by atoms with E-state index in [9.17, 15) is 13.6 Å². The second-order valence-corrected chi connectivity index (χ2v) is 7.29. The quantitative estimate of drug-likeness (QED) is 0.482. The number of nitrogens with two attached hydrogens (primary N) is 1. The summed E-state index contributed by atoms with van der Waals surface area (Å²) in [4.78, 5) is 21.1. The number of aryl methyl sites for hydroxylation is 1. The Bertz CT molecular complexity index is 1390. The van der Waals surface area contributed by atoms with Gasteiger partial charge in [-0.2, -0.15) is 0 Å². The number of nitrogens with zero attached hydrogens (tertiary/aromatic N) is 2. The van der Waals surface area contributed by atoms with Crippen LogP contribution in [0.5, 0.6) is 11.5 Å². The van der Waals surface area contributed by atoms with Gasteiger partial charge in [0.1, 0.15) is 0 Å². The van der Waals surface area contributed by atoms with Crippen LogP contribution in [0.2, 0.25) is 0 Å². The number of carbonyl (C=O) groups excluding carboxylic acids is 1. The molecule has 0 fully saturated rings. The summed E-state index contributed by atoms with van der Waals surface area (Å²) >= 11 is 0. The first-order chi connectivity index (χ1) is 15.3. The zero-order valence-corrected chi connectivity index (χ0v) is 16.7. The van der Waals surface area contributed by atoms with Crippen LogP contribution in [-0.2, 0) is 0 Å². The highest BCUT2D eigenvalue weighted by Crippen LogP contribution is 2.45. The SMILES string of the molecule is Cc1ccc(C(=O)Nc2cccc3c2OC(F)(F)O3)cc1-c1ccc2nc(N)ncc2c1. The first kappa shape index (κ1) is 19.7. The number of nitrogen functional groups attached to an aromatic ring is 1. The number of alkyl halides is 2. The molecule has 0 aliphatic carbocycles. The fourth-order valence-electron chi connectivity index (χ4n) is 3.55. The van der Waals surface area contributed by atoms with Crippen LogP contribution >= 0.6 is 0 Å². The minimum absolute atomic E-state index is 0.0900. The Labute approximate surface area is 180 Å². The number of hydrogen-bond acceptors (Lipinski definition) is 6. The highest BCUT2D eigenvalue weighted by atomic mass is 19.3. The number of para-hydroxylation sites is 1. The zero-order chi connectivity index (χ0) is 22.5. The average Bonchev–Trinajstić information content (AvgIpc) is 3.08. The number of rotatable bonds is 3. The van der Waals surface area contributed by atoms with Crippen LogP contribution in [0, 0.1) is 6.92 Å². The third-order valence-corrected chi connectivity index (χ3v) is 5.09. The van der Waals surface area contributed by atoms with Gasteiger partial charge >= 0.3 is 6.29 Å². The summed E-state index contributed by atoms with van der Waals surface area (Å²) in [6.45, 7) is 1.93. The van der Waals surface area contributed by atoms with E-state index < -0.39 is 12.2 Å². The Hall–Kier alpha value is -4.27. The summed E-state index contributed by atoms with van der Waals surface area (Å²) in [5.41, 5.74) is 9.45. The third kappa shape index (κ3) is 3.53. The molecule has 1 aromatic heterocycles. The second kappa shape index (κ2) is 7.16. The van der Waals surface area contributed by atoms with E-state index in [0.29, 0.717) is 11.1 Å². The lowest BCUT2D eigenvalue weighted by Gasteiger charge is -2.12. The minimum atomic E-state index is -3.77. The molecule has 1 aliphatic rings. The Kier molecular flexibility index (Phi) is 4.40. The lowest BCUT2D eigenvalue weighted by atomic mass is 9.97. The number of aromatic nitrogens is 2. The second-order valence-electron chi connectivity index (χ2n) is 7.29. The number of amides is 1. The lowest BCUT2D eigenvalue weighted by molar-refractivity contribution is -0.286. The molecule has 32 heavy (non-hydrogen) atoms. The summed E-state index contributed by atoms with van der Waals surface area (Å²) in [7, 11) is 0. The Balaban J connectivity index is 1.47. The molecule has 3 N–H and O–H groups in total. The molecule has 0 saturated carbocycles. The van der Waals surface area contributed by atoms with E-state index in [1.54, 1.807) is 18.3 Å². The molecule has 1 amide bonds. The van der Waals surface area contributed by atoms with E-state index in [4.69, 9.17) is 5.73 Å². The number of halogens is 2. The molecule has 0 spiro atoms. The number of benzene rings is 3. The fraction of sp³-hybridized carbons (Fsp3) is 0.0870. The zero-order valence-electron chi connectivity index (χ0n) is 16.7. The van der Waals surface area contributed by atoms with Gasteiger partial charge in [-0.25, -0.2) is 9.97 Å². The Morgan fingerprint density at radius 3 is 2.78 bits per heavy atom. The number of anilines is 2. The van der Waals surface area contributed by atoms with Crippen molar-refractivity contribution in [1.29, 1.82) is 0 Å². The van der Waals surface area contributed by atoms with Crippen LogP contribution in [0.3, 0.4) is 0 Å². The van der Waals surface area contributed by atoms with E-state index in [1.807, 2.05) is 31.2 Å². The van der Waals surface area contributed by atoms with Crippen molar-refractivity contribution in [3.63, 3.8) is 0 Å². The Morgan fingerprint density at radius 2 is 1.94 bits per heavy atom. The smallest absolute Gasteiger partial charge is 0.395 e. The van der Waals surface area contributed by atoms with Crippen LogP contribution in [-0.4, -0.2) is 22.2 Å². The van der Waals surface area contributed by atoms with Gasteiger partial charge < -0.3 is 20.5 Å². The van der Waals surface area contributed by atoms with Crippen molar-refractivity contribution in [3.8, 4) is 22.6 Å².